The lowest BCUT2D eigenvalue weighted by molar-refractivity contribution is -0.00523. The molecule has 0 aromatic heterocycles. The minimum absolute atomic E-state index is 0.0706. The van der Waals surface area contributed by atoms with Gasteiger partial charge in [-0.2, -0.15) is 0 Å². The molecule has 1 aliphatic heterocycles. The van der Waals surface area contributed by atoms with Crippen LogP contribution in [0.1, 0.15) is 31.8 Å². The number of hydrogen-bond acceptors (Lipinski definition) is 4. The number of benzene rings is 2. The van der Waals surface area contributed by atoms with E-state index in [9.17, 15) is 0 Å². The van der Waals surface area contributed by atoms with Crippen LogP contribution < -0.4 is 0 Å². The van der Waals surface area contributed by atoms with Crippen molar-refractivity contribution in [1.82, 2.24) is 0 Å². The minimum Gasteiger partial charge on any atom is -0.377 e. The topological polar surface area (TPSA) is 36.9 Å². The number of fused-ring (bicyclic) bond motifs is 2. The first-order valence-corrected chi connectivity index (χ1v) is 8.26. The molecule has 0 saturated carbocycles. The molecule has 0 fully saturated rings. The van der Waals surface area contributed by atoms with E-state index in [1.807, 2.05) is 0 Å². The van der Waals surface area contributed by atoms with Crippen LogP contribution in [0.3, 0.4) is 0 Å². The summed E-state index contributed by atoms with van der Waals surface area (Å²) in [5, 5.41) is 0. The number of rotatable bonds is 2. The Morgan fingerprint density at radius 3 is 1.84 bits per heavy atom. The van der Waals surface area contributed by atoms with Crippen LogP contribution in [0.2, 0.25) is 0 Å². The lowest BCUT2D eigenvalue weighted by Gasteiger charge is -2.16. The van der Waals surface area contributed by atoms with Crippen LogP contribution in [0.15, 0.2) is 48.4 Å². The van der Waals surface area contributed by atoms with Crippen molar-refractivity contribution < 1.29 is 28.5 Å². The van der Waals surface area contributed by atoms with Gasteiger partial charge in [0.25, 0.3) is 0 Å². The summed E-state index contributed by atoms with van der Waals surface area (Å²) >= 11 is 0. The van der Waals surface area contributed by atoms with Crippen LogP contribution in [0.25, 0.3) is 0 Å². The third-order valence-electron chi connectivity index (χ3n) is 3.62. The van der Waals surface area contributed by atoms with Crippen LogP contribution in [0.4, 0.5) is 0 Å². The van der Waals surface area contributed by atoms with Gasteiger partial charge in [-0.25, -0.2) is 0 Å². The van der Waals surface area contributed by atoms with E-state index >= 15 is 0 Å². The van der Waals surface area contributed by atoms with Gasteiger partial charge in [-0.05, 0) is 28.6 Å². The van der Waals surface area contributed by atoms with Gasteiger partial charge < -0.3 is 18.9 Å². The number of ether oxygens (including phenoxy) is 4. The molecule has 4 nitrogen and oxygen atoms in total. The molecular weight excluding hydrogens is 316 g/mol. The summed E-state index contributed by atoms with van der Waals surface area (Å²) < 4.78 is 80.3. The first kappa shape index (κ1) is 11.1. The highest BCUT2D eigenvalue weighted by Crippen LogP contribution is 2.21. The van der Waals surface area contributed by atoms with Gasteiger partial charge in [0.2, 0.25) is 0 Å². The molecule has 0 saturated heterocycles. The molecule has 2 aromatic carbocycles. The monoisotopic (exact) mass is 349 g/mol. The first-order valence-electron chi connectivity index (χ1n) is 11.8. The third-order valence-corrected chi connectivity index (χ3v) is 3.62. The Labute approximate surface area is 159 Å². The summed E-state index contributed by atoms with van der Waals surface area (Å²) in [5.74, 6) is 0. The van der Waals surface area contributed by atoms with E-state index in [2.05, 4.69) is 0 Å². The smallest absolute Gasteiger partial charge is 0.0720 e. The van der Waals surface area contributed by atoms with E-state index in [1.54, 1.807) is 18.2 Å². The molecule has 0 aliphatic carbocycles. The second kappa shape index (κ2) is 10.3. The molecule has 0 N–H and O–H groups in total. The van der Waals surface area contributed by atoms with Gasteiger partial charge in [0.05, 0.1) is 59.7 Å². The predicted octanol–water partition coefficient (Wildman–Crippen LogP) is 3.36. The molecule has 2 aromatic rings. The largest absolute Gasteiger partial charge is 0.377 e. The Hall–Kier alpha value is -1.72. The molecule has 0 radical (unpaired) electrons. The quantitative estimate of drug-likeness (QED) is 0.833. The van der Waals surface area contributed by atoms with Crippen molar-refractivity contribution in [1.29, 1.82) is 0 Å². The maximum Gasteiger partial charge on any atom is 0.0720 e. The van der Waals surface area contributed by atoms with Gasteiger partial charge in [-0.15, -0.1) is 0 Å². The lowest BCUT2D eigenvalue weighted by Crippen LogP contribution is -2.11. The molecule has 0 spiro atoms. The van der Waals surface area contributed by atoms with Crippen molar-refractivity contribution in [2.45, 2.75) is 19.6 Å². The molecule has 3 rings (SSSR count). The van der Waals surface area contributed by atoms with Crippen LogP contribution in [-0.2, 0) is 38.5 Å². The molecule has 2 bridgehead atoms. The summed E-state index contributed by atoms with van der Waals surface area (Å²) in [6.07, 6.45) is -2.40. The van der Waals surface area contributed by atoms with Crippen molar-refractivity contribution in [3.63, 3.8) is 0 Å². The first-order chi connectivity index (χ1) is 15.3. The predicted molar refractivity (Wildman–Crippen MR) is 96.6 cm³/mol. The van der Waals surface area contributed by atoms with E-state index < -0.39 is 42.1 Å². The van der Waals surface area contributed by atoms with Crippen molar-refractivity contribution in [3.8, 4) is 0 Å². The van der Waals surface area contributed by atoms with Crippen LogP contribution >= 0.6 is 0 Å². The fraction of sp³-hybridized carbons (Fsp3) is 0.429. The molecule has 4 heteroatoms. The Morgan fingerprint density at radius 1 is 0.760 bits per heavy atom. The summed E-state index contributed by atoms with van der Waals surface area (Å²) in [7, 11) is 0. The zero-order valence-electron chi connectivity index (χ0n) is 21.0. The molecule has 25 heavy (non-hydrogen) atoms. The van der Waals surface area contributed by atoms with Gasteiger partial charge >= 0.3 is 0 Å². The maximum absolute atomic E-state index is 8.92. The van der Waals surface area contributed by atoms with Crippen LogP contribution in [0, 0.1) is 0 Å². The molecule has 1 aliphatic rings. The van der Waals surface area contributed by atoms with E-state index in [0.717, 1.165) is 0 Å². The summed E-state index contributed by atoms with van der Waals surface area (Å²) in [4.78, 5) is 0. The Bertz CT molecular complexity index is 891. The van der Waals surface area contributed by atoms with Crippen LogP contribution in [-0.4, -0.2) is 39.6 Å². The maximum atomic E-state index is 8.92. The zero-order valence-corrected chi connectivity index (χ0v) is 14.0. The van der Waals surface area contributed by atoms with Crippen molar-refractivity contribution in [2.24, 2.45) is 0 Å². The second-order valence-corrected chi connectivity index (χ2v) is 5.41. The minimum atomic E-state index is -2.40. The third kappa shape index (κ3) is 5.94. The fourth-order valence-corrected chi connectivity index (χ4v) is 2.41. The molecule has 0 atom stereocenters. The van der Waals surface area contributed by atoms with E-state index in [4.69, 9.17) is 28.5 Å². The zero-order chi connectivity index (χ0) is 23.3. The van der Waals surface area contributed by atoms with Crippen LogP contribution in [0.5, 0.6) is 0 Å². The van der Waals surface area contributed by atoms with Gasteiger partial charge in [0, 0.05) is 2.74 Å². The second-order valence-electron chi connectivity index (χ2n) is 5.41. The average Bonchev–Trinajstić information content (AvgIpc) is 2.76. The van der Waals surface area contributed by atoms with Gasteiger partial charge in [-0.1, -0.05) is 48.4 Å². The normalized spacial score (nSPS) is 22.0. The van der Waals surface area contributed by atoms with Gasteiger partial charge in [-0.3, -0.25) is 0 Å². The van der Waals surface area contributed by atoms with E-state index in [-0.39, 0.29) is 32.0 Å². The highest BCUT2D eigenvalue weighted by atomic mass is 16.6. The van der Waals surface area contributed by atoms with Crippen molar-refractivity contribution >= 4 is 0 Å². The van der Waals surface area contributed by atoms with E-state index in [0.29, 0.717) is 37.6 Å². The average molecular weight is 349 g/mol. The van der Waals surface area contributed by atoms with Gasteiger partial charge in [0.15, 0.2) is 0 Å². The van der Waals surface area contributed by atoms with E-state index in [1.165, 1.54) is 0 Å². The molecular formula is C21H26O4. The molecule has 0 amide bonds. The molecule has 134 valence electrons. The Kier molecular flexibility index (Phi) is 4.57. The summed E-state index contributed by atoms with van der Waals surface area (Å²) in [5.41, 5.74) is 0.778. The standard InChI is InChI=1S/C21H26O4/c1-2-5-18(6-3-1)15-21-19-7-4-8-20(21)17-25-14-12-23-10-9-22-11-13-24-16-19/h1-8H,9-17H2/i1D,2D,3D,5D,6D,15D2. The SMILES string of the molecule is [2H]c1c([2H])c([2H])c(C([2H])([2H])c2c3cccc2COCCOCCOCCOC3)c([2H])c1[2H]. The van der Waals surface area contributed by atoms with Gasteiger partial charge in [0.1, 0.15) is 0 Å². The lowest BCUT2D eigenvalue weighted by atomic mass is 9.95. The highest BCUT2D eigenvalue weighted by Gasteiger charge is 2.10. The molecule has 0 unspecified atom stereocenters. The van der Waals surface area contributed by atoms with Crippen molar-refractivity contribution in [2.75, 3.05) is 39.6 Å². The summed E-state index contributed by atoms with van der Waals surface area (Å²) in [6, 6.07) is 2.29. The Balaban J connectivity index is 2.10. The Morgan fingerprint density at radius 2 is 1.28 bits per heavy atom. The highest BCUT2D eigenvalue weighted by molar-refractivity contribution is 5.38. The number of hydrogen-bond donors (Lipinski definition) is 0. The summed E-state index contributed by atoms with van der Waals surface area (Å²) in [6.45, 7) is 2.29. The van der Waals surface area contributed by atoms with Crippen molar-refractivity contribution in [3.05, 3.63) is 70.7 Å². The molecule has 1 heterocycles. The fourth-order valence-electron chi connectivity index (χ4n) is 2.41.